The molecular weight excluding hydrogens is 324 g/mol. The monoisotopic (exact) mass is 350 g/mol. The van der Waals surface area contributed by atoms with Crippen molar-refractivity contribution in [3.05, 3.63) is 33.1 Å². The summed E-state index contributed by atoms with van der Waals surface area (Å²) in [7, 11) is 0. The van der Waals surface area contributed by atoms with E-state index in [9.17, 15) is 14.4 Å². The van der Waals surface area contributed by atoms with Crippen LogP contribution in [0.5, 0.6) is 0 Å². The van der Waals surface area contributed by atoms with Gasteiger partial charge in [0.2, 0.25) is 5.91 Å². The number of aromatic amines is 1. The number of carbonyl (C=O) groups excluding carboxylic acids is 1. The molecule has 0 aliphatic carbocycles. The molecule has 0 saturated carbocycles. The van der Waals surface area contributed by atoms with E-state index in [0.29, 0.717) is 19.7 Å². The standard InChI is InChI=1S/C17H26N4O4/c22-15-5-9-21(17(24)18-15)13-16(23)20-8-4-10-25-14(12-20)11-19-6-2-1-3-7-19/h5,9,14H,1-4,6-8,10-13H2,(H,18,22,24)/t14-/m1/s1. The summed E-state index contributed by atoms with van der Waals surface area (Å²) < 4.78 is 7.16. The minimum absolute atomic E-state index is 0.0110. The number of hydrogen-bond acceptors (Lipinski definition) is 5. The molecule has 0 unspecified atom stereocenters. The molecule has 1 amide bonds. The molecule has 2 saturated heterocycles. The predicted octanol–water partition coefficient (Wildman–Crippen LogP) is -0.360. The average molecular weight is 350 g/mol. The Morgan fingerprint density at radius 3 is 2.72 bits per heavy atom. The minimum atomic E-state index is -0.559. The lowest BCUT2D eigenvalue weighted by atomic mass is 10.1. The van der Waals surface area contributed by atoms with Gasteiger partial charge in [0.05, 0.1) is 6.10 Å². The summed E-state index contributed by atoms with van der Waals surface area (Å²) in [6, 6.07) is 1.25. The summed E-state index contributed by atoms with van der Waals surface area (Å²) in [5.41, 5.74) is -1.02. The first-order valence-corrected chi connectivity index (χ1v) is 9.03. The largest absolute Gasteiger partial charge is 0.375 e. The van der Waals surface area contributed by atoms with Gasteiger partial charge < -0.3 is 14.5 Å². The highest BCUT2D eigenvalue weighted by Crippen LogP contribution is 2.13. The first-order valence-electron chi connectivity index (χ1n) is 9.03. The zero-order valence-corrected chi connectivity index (χ0v) is 14.5. The summed E-state index contributed by atoms with van der Waals surface area (Å²) in [6.45, 7) is 4.82. The van der Waals surface area contributed by atoms with Crippen molar-refractivity contribution in [1.29, 1.82) is 0 Å². The number of carbonyl (C=O) groups is 1. The average Bonchev–Trinajstić information content (AvgIpc) is 2.84. The lowest BCUT2D eigenvalue weighted by Crippen LogP contribution is -2.45. The van der Waals surface area contributed by atoms with Crippen molar-refractivity contribution in [2.75, 3.05) is 39.3 Å². The van der Waals surface area contributed by atoms with Crippen LogP contribution in [0.1, 0.15) is 25.7 Å². The van der Waals surface area contributed by atoms with E-state index in [-0.39, 0.29) is 18.6 Å². The third kappa shape index (κ3) is 5.02. The molecule has 3 heterocycles. The molecule has 1 aromatic rings. The van der Waals surface area contributed by atoms with Crippen molar-refractivity contribution in [2.24, 2.45) is 0 Å². The summed E-state index contributed by atoms with van der Waals surface area (Å²) >= 11 is 0. The number of piperidine rings is 1. The Labute approximate surface area is 146 Å². The first kappa shape index (κ1) is 17.9. The second-order valence-corrected chi connectivity index (χ2v) is 6.79. The Kier molecular flexibility index (Phi) is 6.04. The molecule has 25 heavy (non-hydrogen) atoms. The number of rotatable bonds is 4. The van der Waals surface area contributed by atoms with E-state index in [0.717, 1.165) is 26.1 Å². The minimum Gasteiger partial charge on any atom is -0.375 e. The fraction of sp³-hybridized carbons (Fsp3) is 0.706. The quantitative estimate of drug-likeness (QED) is 0.801. The van der Waals surface area contributed by atoms with Gasteiger partial charge in [0.25, 0.3) is 5.56 Å². The molecular formula is C17H26N4O4. The molecule has 138 valence electrons. The number of amides is 1. The second kappa shape index (κ2) is 8.44. The number of hydrogen-bond donors (Lipinski definition) is 1. The molecule has 1 aromatic heterocycles. The molecule has 0 bridgehead atoms. The maximum atomic E-state index is 12.6. The van der Waals surface area contributed by atoms with Crippen molar-refractivity contribution in [3.8, 4) is 0 Å². The smallest absolute Gasteiger partial charge is 0.328 e. The summed E-state index contributed by atoms with van der Waals surface area (Å²) in [5, 5.41) is 0. The fourth-order valence-corrected chi connectivity index (χ4v) is 3.48. The molecule has 3 rings (SSSR count). The van der Waals surface area contributed by atoms with E-state index in [2.05, 4.69) is 9.88 Å². The van der Waals surface area contributed by atoms with Gasteiger partial charge in [0.1, 0.15) is 6.54 Å². The van der Waals surface area contributed by atoms with E-state index in [1.165, 1.54) is 36.1 Å². The van der Waals surface area contributed by atoms with Crippen molar-refractivity contribution in [3.63, 3.8) is 0 Å². The molecule has 1 N–H and O–H groups in total. The molecule has 1 atom stereocenters. The molecule has 0 radical (unpaired) electrons. The van der Waals surface area contributed by atoms with Gasteiger partial charge in [-0.25, -0.2) is 4.79 Å². The molecule has 8 nitrogen and oxygen atoms in total. The Bertz CT molecular complexity index is 692. The van der Waals surface area contributed by atoms with Crippen LogP contribution >= 0.6 is 0 Å². The summed E-state index contributed by atoms with van der Waals surface area (Å²) in [6.07, 6.45) is 5.91. The van der Waals surface area contributed by atoms with Crippen molar-refractivity contribution in [1.82, 2.24) is 19.4 Å². The molecule has 0 spiro atoms. The third-order valence-electron chi connectivity index (χ3n) is 4.82. The van der Waals surface area contributed by atoms with Crippen LogP contribution in [0.15, 0.2) is 21.9 Å². The molecule has 2 aliphatic rings. The Hall–Kier alpha value is -1.93. The van der Waals surface area contributed by atoms with Crippen LogP contribution in [0.25, 0.3) is 0 Å². The van der Waals surface area contributed by atoms with Gasteiger partial charge in [-0.05, 0) is 32.4 Å². The van der Waals surface area contributed by atoms with Gasteiger partial charge in [-0.15, -0.1) is 0 Å². The highest BCUT2D eigenvalue weighted by Gasteiger charge is 2.25. The lowest BCUT2D eigenvalue weighted by molar-refractivity contribution is -0.132. The molecule has 0 aromatic carbocycles. The van der Waals surface area contributed by atoms with Crippen LogP contribution in [0, 0.1) is 0 Å². The Morgan fingerprint density at radius 2 is 1.96 bits per heavy atom. The van der Waals surface area contributed by atoms with Gasteiger partial charge >= 0.3 is 5.69 Å². The predicted molar refractivity (Wildman–Crippen MR) is 92.6 cm³/mol. The van der Waals surface area contributed by atoms with E-state index in [4.69, 9.17) is 4.74 Å². The molecule has 2 fully saturated rings. The van der Waals surface area contributed by atoms with Gasteiger partial charge in [0, 0.05) is 38.5 Å². The van der Waals surface area contributed by atoms with Gasteiger partial charge in [0.15, 0.2) is 0 Å². The highest BCUT2D eigenvalue weighted by atomic mass is 16.5. The lowest BCUT2D eigenvalue weighted by Gasteiger charge is -2.31. The molecule has 2 aliphatic heterocycles. The van der Waals surface area contributed by atoms with Crippen LogP contribution in [0.2, 0.25) is 0 Å². The van der Waals surface area contributed by atoms with Crippen LogP contribution in [0.4, 0.5) is 0 Å². The number of likely N-dealkylation sites (tertiary alicyclic amines) is 1. The summed E-state index contributed by atoms with van der Waals surface area (Å²) in [4.78, 5) is 41.8. The van der Waals surface area contributed by atoms with Crippen LogP contribution in [0.3, 0.4) is 0 Å². The van der Waals surface area contributed by atoms with E-state index in [1.54, 1.807) is 4.90 Å². The van der Waals surface area contributed by atoms with E-state index < -0.39 is 11.2 Å². The van der Waals surface area contributed by atoms with Crippen LogP contribution in [-0.2, 0) is 16.1 Å². The maximum absolute atomic E-state index is 12.6. The highest BCUT2D eigenvalue weighted by molar-refractivity contribution is 5.76. The first-order chi connectivity index (χ1) is 12.1. The zero-order chi connectivity index (χ0) is 17.6. The normalized spacial score (nSPS) is 22.6. The van der Waals surface area contributed by atoms with Gasteiger partial charge in [-0.2, -0.15) is 0 Å². The number of ether oxygens (including phenoxy) is 1. The summed E-state index contributed by atoms with van der Waals surface area (Å²) in [5.74, 6) is -0.122. The van der Waals surface area contributed by atoms with Crippen LogP contribution in [-0.4, -0.2) is 70.7 Å². The Balaban J connectivity index is 1.60. The zero-order valence-electron chi connectivity index (χ0n) is 14.5. The fourth-order valence-electron chi connectivity index (χ4n) is 3.48. The number of aromatic nitrogens is 2. The topological polar surface area (TPSA) is 87.6 Å². The Morgan fingerprint density at radius 1 is 1.16 bits per heavy atom. The molecule has 8 heteroatoms. The number of nitrogens with zero attached hydrogens (tertiary/aromatic N) is 3. The maximum Gasteiger partial charge on any atom is 0.328 e. The van der Waals surface area contributed by atoms with Crippen molar-refractivity contribution < 1.29 is 9.53 Å². The number of H-pyrrole nitrogens is 1. The van der Waals surface area contributed by atoms with Gasteiger partial charge in [-0.3, -0.25) is 19.1 Å². The van der Waals surface area contributed by atoms with Crippen molar-refractivity contribution in [2.45, 2.75) is 38.3 Å². The number of nitrogens with one attached hydrogen (secondary N) is 1. The van der Waals surface area contributed by atoms with E-state index in [1.807, 2.05) is 0 Å². The third-order valence-corrected chi connectivity index (χ3v) is 4.82. The van der Waals surface area contributed by atoms with E-state index >= 15 is 0 Å². The SMILES string of the molecule is O=C(Cn1ccc(=O)[nH]c1=O)N1CCCO[C@H](CN2CCCCC2)C1. The van der Waals surface area contributed by atoms with Crippen LogP contribution < -0.4 is 11.2 Å². The second-order valence-electron chi connectivity index (χ2n) is 6.79. The van der Waals surface area contributed by atoms with Crippen molar-refractivity contribution >= 4 is 5.91 Å². The van der Waals surface area contributed by atoms with Gasteiger partial charge in [-0.1, -0.05) is 6.42 Å².